The molecule has 0 unspecified atom stereocenters. The largest absolute Gasteiger partial charge is 0.481 e. The number of nitrogens with two attached hydrogens (primary N) is 1. The summed E-state index contributed by atoms with van der Waals surface area (Å²) in [6.45, 7) is 0.638. The van der Waals surface area contributed by atoms with Crippen molar-refractivity contribution >= 4 is 16.9 Å². The molecule has 21 heavy (non-hydrogen) atoms. The number of carbonyl (C=O) groups excluding carboxylic acids is 1. The maximum atomic E-state index is 11.0. The fourth-order valence-corrected chi connectivity index (χ4v) is 2.19. The predicted octanol–water partition coefficient (Wildman–Crippen LogP) is 1.11. The van der Waals surface area contributed by atoms with Crippen molar-refractivity contribution in [2.45, 2.75) is 13.0 Å². The van der Waals surface area contributed by atoms with Crippen LogP contribution in [0.25, 0.3) is 11.0 Å². The lowest BCUT2D eigenvalue weighted by atomic mass is 10.2. The van der Waals surface area contributed by atoms with Gasteiger partial charge in [0.2, 0.25) is 5.88 Å². The zero-order valence-electron chi connectivity index (χ0n) is 11.5. The van der Waals surface area contributed by atoms with Crippen LogP contribution in [0.3, 0.4) is 0 Å². The summed E-state index contributed by atoms with van der Waals surface area (Å²) in [6, 6.07) is 5.36. The second-order valence-electron chi connectivity index (χ2n) is 4.64. The fourth-order valence-electron chi connectivity index (χ4n) is 2.19. The van der Waals surface area contributed by atoms with Crippen LogP contribution >= 0.6 is 0 Å². The lowest BCUT2D eigenvalue weighted by Gasteiger charge is -2.02. The predicted molar refractivity (Wildman–Crippen MR) is 77.1 cm³/mol. The number of fused-ring (bicyclic) bond motifs is 1. The molecule has 3 N–H and O–H groups in total. The summed E-state index contributed by atoms with van der Waals surface area (Å²) in [6.07, 6.45) is 4.40. The molecule has 0 radical (unpaired) electrons. The highest BCUT2D eigenvalue weighted by Crippen LogP contribution is 2.20. The molecule has 1 amide bonds. The average Bonchev–Trinajstić information content (AvgIpc) is 3.11. The summed E-state index contributed by atoms with van der Waals surface area (Å²) >= 11 is 0. The van der Waals surface area contributed by atoms with Gasteiger partial charge in [0.15, 0.2) is 0 Å². The minimum absolute atomic E-state index is 0.272. The van der Waals surface area contributed by atoms with Gasteiger partial charge in [0.1, 0.15) is 5.69 Å². The van der Waals surface area contributed by atoms with Crippen LogP contribution in [0.2, 0.25) is 0 Å². The first-order chi connectivity index (χ1) is 10.2. The Morgan fingerprint density at radius 1 is 1.43 bits per heavy atom. The number of amides is 1. The molecule has 0 spiro atoms. The fraction of sp³-hybridized carbons (Fsp3) is 0.214. The van der Waals surface area contributed by atoms with Gasteiger partial charge in [-0.15, -0.1) is 0 Å². The van der Waals surface area contributed by atoms with Crippen molar-refractivity contribution in [1.82, 2.24) is 19.7 Å². The molecular formula is C14H15N5O2. The number of nitrogens with zero attached hydrogens (tertiary/aromatic N) is 3. The van der Waals surface area contributed by atoms with E-state index < -0.39 is 5.91 Å². The maximum absolute atomic E-state index is 11.0. The highest BCUT2D eigenvalue weighted by molar-refractivity contribution is 5.90. The van der Waals surface area contributed by atoms with E-state index in [1.165, 1.54) is 0 Å². The molecule has 3 aromatic rings. The monoisotopic (exact) mass is 285 g/mol. The molecule has 108 valence electrons. The third-order valence-corrected chi connectivity index (χ3v) is 3.29. The number of aryl methyl sites for hydroxylation is 2. The number of primary amides is 1. The van der Waals surface area contributed by atoms with Crippen LogP contribution in [0.4, 0.5) is 0 Å². The van der Waals surface area contributed by atoms with Crippen molar-refractivity contribution in [3.05, 3.63) is 41.9 Å². The van der Waals surface area contributed by atoms with Crippen LogP contribution in [0.15, 0.2) is 30.6 Å². The minimum Gasteiger partial charge on any atom is -0.481 e. The third-order valence-electron chi connectivity index (χ3n) is 3.29. The molecule has 0 atom stereocenters. The van der Waals surface area contributed by atoms with Gasteiger partial charge in [-0.2, -0.15) is 5.10 Å². The topological polar surface area (TPSA) is 98.8 Å². The second-order valence-corrected chi connectivity index (χ2v) is 4.64. The summed E-state index contributed by atoms with van der Waals surface area (Å²) in [5, 5.41) is 4.11. The number of nitrogens with one attached hydrogen (secondary N) is 1. The van der Waals surface area contributed by atoms with Crippen LogP contribution < -0.4 is 10.5 Å². The van der Waals surface area contributed by atoms with Gasteiger partial charge in [0.25, 0.3) is 5.91 Å². The second kappa shape index (κ2) is 5.28. The van der Waals surface area contributed by atoms with E-state index in [0.29, 0.717) is 12.4 Å². The number of hydrogen-bond acceptors (Lipinski definition) is 4. The molecule has 0 aliphatic rings. The zero-order valence-corrected chi connectivity index (χ0v) is 11.5. The molecule has 0 aliphatic carbocycles. The molecule has 0 aliphatic heterocycles. The summed E-state index contributed by atoms with van der Waals surface area (Å²) < 4.78 is 6.84. The highest BCUT2D eigenvalue weighted by Gasteiger charge is 2.08. The van der Waals surface area contributed by atoms with Gasteiger partial charge >= 0.3 is 0 Å². The van der Waals surface area contributed by atoms with Crippen molar-refractivity contribution in [3.63, 3.8) is 0 Å². The lowest BCUT2D eigenvalue weighted by Crippen LogP contribution is -2.12. The number of ether oxygens (including phenoxy) is 1. The molecule has 3 aromatic heterocycles. The van der Waals surface area contributed by atoms with E-state index in [1.807, 2.05) is 18.3 Å². The van der Waals surface area contributed by atoms with E-state index in [9.17, 15) is 4.79 Å². The quantitative estimate of drug-likeness (QED) is 0.733. The number of hydrogen-bond donors (Lipinski definition) is 2. The van der Waals surface area contributed by atoms with Crippen molar-refractivity contribution in [2.75, 3.05) is 7.11 Å². The molecule has 3 rings (SSSR count). The molecule has 0 bridgehead atoms. The molecule has 7 heteroatoms. The summed E-state index contributed by atoms with van der Waals surface area (Å²) in [4.78, 5) is 18.6. The summed E-state index contributed by atoms with van der Waals surface area (Å²) in [5.74, 6) is 0.0608. The Morgan fingerprint density at radius 2 is 2.29 bits per heavy atom. The Bertz CT molecular complexity index is 790. The van der Waals surface area contributed by atoms with E-state index in [2.05, 4.69) is 15.1 Å². The Morgan fingerprint density at radius 3 is 3.00 bits per heavy atom. The molecule has 0 saturated heterocycles. The van der Waals surface area contributed by atoms with Crippen molar-refractivity contribution in [3.8, 4) is 5.88 Å². The number of carbonyl (C=O) groups is 1. The third kappa shape index (κ3) is 2.58. The van der Waals surface area contributed by atoms with Gasteiger partial charge in [-0.25, -0.2) is 4.98 Å². The number of H-pyrrole nitrogens is 1. The van der Waals surface area contributed by atoms with Gasteiger partial charge in [-0.3, -0.25) is 9.48 Å². The SMILES string of the molecule is COc1ccc2[nH]cc(CCn3ccc(C(N)=O)n3)c2n1. The molecule has 0 fully saturated rings. The van der Waals surface area contributed by atoms with E-state index in [1.54, 1.807) is 24.1 Å². The van der Waals surface area contributed by atoms with Crippen molar-refractivity contribution in [1.29, 1.82) is 0 Å². The van der Waals surface area contributed by atoms with Crippen LogP contribution in [0, 0.1) is 0 Å². The summed E-state index contributed by atoms with van der Waals surface area (Å²) in [5.41, 5.74) is 8.37. The summed E-state index contributed by atoms with van der Waals surface area (Å²) in [7, 11) is 1.59. The molecule has 3 heterocycles. The molecule has 7 nitrogen and oxygen atoms in total. The average molecular weight is 285 g/mol. The highest BCUT2D eigenvalue weighted by atomic mass is 16.5. The first kappa shape index (κ1) is 13.2. The first-order valence-electron chi connectivity index (χ1n) is 6.51. The van der Waals surface area contributed by atoms with Gasteiger partial charge in [0, 0.05) is 25.0 Å². The number of rotatable bonds is 5. The minimum atomic E-state index is -0.521. The first-order valence-corrected chi connectivity index (χ1v) is 6.51. The lowest BCUT2D eigenvalue weighted by molar-refractivity contribution is 0.0994. The zero-order chi connectivity index (χ0) is 14.8. The normalized spacial score (nSPS) is 10.9. The Balaban J connectivity index is 1.79. The Labute approximate surface area is 120 Å². The van der Waals surface area contributed by atoms with Crippen LogP contribution in [-0.4, -0.2) is 32.8 Å². The van der Waals surface area contributed by atoms with Gasteiger partial charge in [-0.05, 0) is 24.1 Å². The van der Waals surface area contributed by atoms with Crippen LogP contribution in [-0.2, 0) is 13.0 Å². The van der Waals surface area contributed by atoms with Gasteiger partial charge < -0.3 is 15.5 Å². The van der Waals surface area contributed by atoms with Gasteiger partial charge in [0.05, 0.1) is 18.1 Å². The van der Waals surface area contributed by atoms with Crippen LogP contribution in [0.1, 0.15) is 16.1 Å². The van der Waals surface area contributed by atoms with E-state index >= 15 is 0 Å². The van der Waals surface area contributed by atoms with E-state index in [-0.39, 0.29) is 5.69 Å². The van der Waals surface area contributed by atoms with Gasteiger partial charge in [-0.1, -0.05) is 0 Å². The van der Waals surface area contributed by atoms with Crippen molar-refractivity contribution in [2.24, 2.45) is 5.73 Å². The van der Waals surface area contributed by atoms with Crippen LogP contribution in [0.5, 0.6) is 5.88 Å². The standard InChI is InChI=1S/C14H15N5O2/c1-21-12-3-2-10-13(17-12)9(8-16-10)4-6-19-7-5-11(18-19)14(15)20/h2-3,5,7-8,16H,4,6H2,1H3,(H2,15,20). The van der Waals surface area contributed by atoms with Crippen molar-refractivity contribution < 1.29 is 9.53 Å². The van der Waals surface area contributed by atoms with E-state index in [0.717, 1.165) is 23.0 Å². The maximum Gasteiger partial charge on any atom is 0.269 e. The number of aromatic amines is 1. The molecule has 0 aromatic carbocycles. The number of aromatic nitrogens is 4. The number of methoxy groups -OCH3 is 1. The van der Waals surface area contributed by atoms with E-state index in [4.69, 9.17) is 10.5 Å². The molecule has 0 saturated carbocycles. The number of pyridine rings is 1. The Hall–Kier alpha value is -2.83. The Kier molecular flexibility index (Phi) is 3.31. The molecular weight excluding hydrogens is 270 g/mol. The smallest absolute Gasteiger partial charge is 0.269 e.